The van der Waals surface area contributed by atoms with Crippen LogP contribution in [-0.2, 0) is 24.7 Å². The minimum Gasteiger partial charge on any atom is -0.456 e. The summed E-state index contributed by atoms with van der Waals surface area (Å²) in [6.07, 6.45) is 0. The van der Waals surface area contributed by atoms with Gasteiger partial charge in [0.2, 0.25) is 0 Å². The number of ether oxygens (including phenoxy) is 1. The molecule has 1 atom stereocenters. The van der Waals surface area contributed by atoms with Gasteiger partial charge in [0.25, 0.3) is 5.91 Å². The second-order valence-corrected chi connectivity index (χ2v) is 7.15. The smallest absolute Gasteiger partial charge is 0.326 e. The number of hydrogen-bond acceptors (Lipinski definition) is 5. The van der Waals surface area contributed by atoms with Crippen molar-refractivity contribution in [1.29, 1.82) is 0 Å². The van der Waals surface area contributed by atoms with Gasteiger partial charge < -0.3 is 10.1 Å². The van der Waals surface area contributed by atoms with Crippen molar-refractivity contribution in [1.82, 2.24) is 10.2 Å². The molecule has 1 aliphatic rings. The molecule has 1 aliphatic heterocycles. The predicted octanol–water partition coefficient (Wildman–Crippen LogP) is 1.61. The van der Waals surface area contributed by atoms with Gasteiger partial charge in [0.15, 0.2) is 12.4 Å². The molecule has 3 amide bonds. The lowest BCUT2D eigenvalue weighted by molar-refractivity contribution is -0.152. The summed E-state index contributed by atoms with van der Waals surface area (Å²) < 4.78 is 4.90. The Morgan fingerprint density at radius 3 is 2.32 bits per heavy atom. The second-order valence-electron chi connectivity index (χ2n) is 7.15. The third-order valence-electron chi connectivity index (χ3n) is 4.11. The Kier molecular flexibility index (Phi) is 4.97. The van der Waals surface area contributed by atoms with Crippen LogP contribution in [0.3, 0.4) is 0 Å². The van der Waals surface area contributed by atoms with E-state index in [0.29, 0.717) is 5.56 Å². The average molecular weight is 346 g/mol. The molecule has 1 heterocycles. The van der Waals surface area contributed by atoms with E-state index in [-0.39, 0.29) is 12.4 Å². The molecule has 1 aromatic carbocycles. The Balaban J connectivity index is 2.04. The number of carbonyl (C=O) groups is 4. The summed E-state index contributed by atoms with van der Waals surface area (Å²) >= 11 is 0. The Morgan fingerprint density at radius 2 is 1.76 bits per heavy atom. The van der Waals surface area contributed by atoms with Crippen LogP contribution < -0.4 is 5.32 Å². The lowest BCUT2D eigenvalue weighted by atomic mass is 9.91. The van der Waals surface area contributed by atoms with Crippen molar-refractivity contribution in [3.05, 3.63) is 35.9 Å². The standard InChI is InChI=1S/C18H22N2O5/c1-17(2,3)13(21)11-25-14(22)10-20-15(23)18(4,19-16(20)24)12-8-6-5-7-9-12/h5-9H,10-11H2,1-4H3,(H,19,24)/t18-/m0/s1. The number of benzene rings is 1. The van der Waals surface area contributed by atoms with Crippen molar-refractivity contribution in [2.24, 2.45) is 5.41 Å². The molecular weight excluding hydrogens is 324 g/mol. The fourth-order valence-electron chi connectivity index (χ4n) is 2.34. The average Bonchev–Trinajstić information content (AvgIpc) is 2.77. The van der Waals surface area contributed by atoms with Crippen LogP contribution in [-0.4, -0.2) is 41.7 Å². The van der Waals surface area contributed by atoms with Gasteiger partial charge in [0.1, 0.15) is 12.1 Å². The monoisotopic (exact) mass is 346 g/mol. The molecule has 0 saturated carbocycles. The Morgan fingerprint density at radius 1 is 1.16 bits per heavy atom. The first kappa shape index (κ1) is 18.6. The molecule has 7 heteroatoms. The molecule has 0 spiro atoms. The lowest BCUT2D eigenvalue weighted by Crippen LogP contribution is -2.41. The largest absolute Gasteiger partial charge is 0.456 e. The van der Waals surface area contributed by atoms with Crippen molar-refractivity contribution in [2.75, 3.05) is 13.2 Å². The third kappa shape index (κ3) is 3.87. The second kappa shape index (κ2) is 6.66. The first-order chi connectivity index (χ1) is 11.6. The number of hydrogen-bond donors (Lipinski definition) is 1. The van der Waals surface area contributed by atoms with Gasteiger partial charge in [0.05, 0.1) is 0 Å². The van der Waals surface area contributed by atoms with E-state index in [9.17, 15) is 19.2 Å². The fourth-order valence-corrected chi connectivity index (χ4v) is 2.34. The first-order valence-corrected chi connectivity index (χ1v) is 7.94. The highest BCUT2D eigenvalue weighted by atomic mass is 16.5. The molecule has 1 saturated heterocycles. The summed E-state index contributed by atoms with van der Waals surface area (Å²) in [4.78, 5) is 49.3. The molecule has 25 heavy (non-hydrogen) atoms. The van der Waals surface area contributed by atoms with E-state index in [0.717, 1.165) is 4.90 Å². The van der Waals surface area contributed by atoms with Crippen LogP contribution in [0.2, 0.25) is 0 Å². The number of ketones is 1. The minimum atomic E-state index is -1.24. The SMILES string of the molecule is CC(C)(C)C(=O)COC(=O)CN1C(=O)N[C@@](C)(c2ccccc2)C1=O. The van der Waals surface area contributed by atoms with E-state index >= 15 is 0 Å². The van der Waals surface area contributed by atoms with Crippen LogP contribution in [0.25, 0.3) is 0 Å². The molecule has 134 valence electrons. The van der Waals surface area contributed by atoms with Gasteiger partial charge in [-0.25, -0.2) is 4.79 Å². The quantitative estimate of drug-likeness (QED) is 0.646. The summed E-state index contributed by atoms with van der Waals surface area (Å²) in [5.41, 5.74) is -1.25. The van der Waals surface area contributed by atoms with E-state index in [1.54, 1.807) is 58.0 Å². The molecule has 0 aromatic heterocycles. The summed E-state index contributed by atoms with van der Waals surface area (Å²) in [5, 5.41) is 2.60. The zero-order chi connectivity index (χ0) is 18.8. The van der Waals surface area contributed by atoms with E-state index < -0.39 is 35.4 Å². The molecule has 0 unspecified atom stereocenters. The number of nitrogens with one attached hydrogen (secondary N) is 1. The van der Waals surface area contributed by atoms with Gasteiger partial charge in [-0.05, 0) is 12.5 Å². The highest BCUT2D eigenvalue weighted by molar-refractivity contribution is 6.08. The van der Waals surface area contributed by atoms with Crippen LogP contribution >= 0.6 is 0 Å². The Bertz CT molecular complexity index is 708. The third-order valence-corrected chi connectivity index (χ3v) is 4.11. The molecule has 1 fully saturated rings. The summed E-state index contributed by atoms with van der Waals surface area (Å²) in [6, 6.07) is 8.10. The highest BCUT2D eigenvalue weighted by Gasteiger charge is 2.49. The van der Waals surface area contributed by atoms with Crippen LogP contribution in [0, 0.1) is 5.41 Å². The summed E-state index contributed by atoms with van der Waals surface area (Å²) in [7, 11) is 0. The van der Waals surface area contributed by atoms with Crippen molar-refractivity contribution in [2.45, 2.75) is 33.2 Å². The van der Waals surface area contributed by atoms with E-state index in [1.165, 1.54) is 0 Å². The Labute approximate surface area is 146 Å². The van der Waals surface area contributed by atoms with Crippen LogP contribution in [0.4, 0.5) is 4.79 Å². The van der Waals surface area contributed by atoms with Gasteiger partial charge in [0, 0.05) is 5.41 Å². The van der Waals surface area contributed by atoms with Gasteiger partial charge in [-0.15, -0.1) is 0 Å². The number of rotatable bonds is 5. The molecule has 1 N–H and O–H groups in total. The highest BCUT2D eigenvalue weighted by Crippen LogP contribution is 2.28. The van der Waals surface area contributed by atoms with Gasteiger partial charge in [-0.1, -0.05) is 51.1 Å². The maximum Gasteiger partial charge on any atom is 0.326 e. The number of urea groups is 1. The van der Waals surface area contributed by atoms with E-state index in [2.05, 4.69) is 5.32 Å². The molecule has 7 nitrogen and oxygen atoms in total. The number of imide groups is 1. The topological polar surface area (TPSA) is 92.8 Å². The van der Waals surface area contributed by atoms with Crippen molar-refractivity contribution in [3.63, 3.8) is 0 Å². The number of carbonyl (C=O) groups excluding carboxylic acids is 4. The zero-order valence-corrected chi connectivity index (χ0v) is 14.8. The number of nitrogens with zero attached hydrogens (tertiary/aromatic N) is 1. The number of esters is 1. The number of Topliss-reactive ketones (excluding diaryl/α,β-unsaturated/α-hetero) is 1. The maximum absolute atomic E-state index is 12.6. The van der Waals surface area contributed by atoms with Gasteiger partial charge in [-0.2, -0.15) is 0 Å². The predicted molar refractivity (Wildman–Crippen MR) is 89.5 cm³/mol. The molecule has 0 aliphatic carbocycles. The molecule has 0 radical (unpaired) electrons. The summed E-state index contributed by atoms with van der Waals surface area (Å²) in [6.45, 7) is 5.80. The van der Waals surface area contributed by atoms with Crippen molar-refractivity contribution < 1.29 is 23.9 Å². The lowest BCUT2D eigenvalue weighted by Gasteiger charge is -2.22. The van der Waals surface area contributed by atoms with Crippen LogP contribution in [0.1, 0.15) is 33.3 Å². The van der Waals surface area contributed by atoms with E-state index in [4.69, 9.17) is 4.74 Å². The normalized spacial score (nSPS) is 20.4. The Hall–Kier alpha value is -2.70. The zero-order valence-electron chi connectivity index (χ0n) is 14.8. The molecular formula is C18H22N2O5. The van der Waals surface area contributed by atoms with Gasteiger partial charge in [-0.3, -0.25) is 19.3 Å². The number of amides is 3. The van der Waals surface area contributed by atoms with Crippen LogP contribution in [0.15, 0.2) is 30.3 Å². The fraction of sp³-hybridized carbons (Fsp3) is 0.444. The summed E-state index contributed by atoms with van der Waals surface area (Å²) in [5.74, 6) is -1.59. The minimum absolute atomic E-state index is 0.243. The molecule has 2 rings (SSSR count). The van der Waals surface area contributed by atoms with Gasteiger partial charge >= 0.3 is 12.0 Å². The first-order valence-electron chi connectivity index (χ1n) is 7.94. The maximum atomic E-state index is 12.6. The molecule has 0 bridgehead atoms. The van der Waals surface area contributed by atoms with E-state index in [1.807, 2.05) is 0 Å². The van der Waals surface area contributed by atoms with Crippen LogP contribution in [0.5, 0.6) is 0 Å². The van der Waals surface area contributed by atoms with Crippen molar-refractivity contribution >= 4 is 23.7 Å². The van der Waals surface area contributed by atoms with Crippen molar-refractivity contribution in [3.8, 4) is 0 Å². The molecule has 1 aromatic rings.